The van der Waals surface area contributed by atoms with E-state index in [4.69, 9.17) is 15.2 Å². The van der Waals surface area contributed by atoms with Gasteiger partial charge >= 0.3 is 0 Å². The number of hydrogen-bond donors (Lipinski definition) is 1. The first-order valence-electron chi connectivity index (χ1n) is 6.10. The number of benzene rings is 1. The van der Waals surface area contributed by atoms with E-state index in [1.807, 2.05) is 0 Å². The molecule has 0 saturated carbocycles. The van der Waals surface area contributed by atoms with Gasteiger partial charge in [0.1, 0.15) is 0 Å². The third-order valence-corrected chi connectivity index (χ3v) is 2.68. The Hall–Kier alpha value is -0.900. The van der Waals surface area contributed by atoms with Crippen LogP contribution in [0.3, 0.4) is 0 Å². The van der Waals surface area contributed by atoms with Crippen LogP contribution in [0, 0.1) is 6.92 Å². The number of nitrogens with two attached hydrogens (primary N) is 1. The lowest BCUT2D eigenvalue weighted by Gasteiger charge is -2.12. The Balaban J connectivity index is 2.16. The third-order valence-electron chi connectivity index (χ3n) is 2.68. The van der Waals surface area contributed by atoms with Crippen molar-refractivity contribution in [1.82, 2.24) is 0 Å². The van der Waals surface area contributed by atoms with E-state index >= 15 is 0 Å². The van der Waals surface area contributed by atoms with Crippen LogP contribution in [0.15, 0.2) is 24.3 Å². The molecule has 0 aliphatic rings. The van der Waals surface area contributed by atoms with Gasteiger partial charge in [-0.15, -0.1) is 0 Å². The topological polar surface area (TPSA) is 44.5 Å². The fraction of sp³-hybridized carbons (Fsp3) is 0.571. The molecule has 96 valence electrons. The van der Waals surface area contributed by atoms with Crippen LogP contribution in [0.4, 0.5) is 0 Å². The Morgan fingerprint density at radius 1 is 1.12 bits per heavy atom. The van der Waals surface area contributed by atoms with Gasteiger partial charge in [-0.2, -0.15) is 0 Å². The largest absolute Gasteiger partial charge is 0.382 e. The SMILES string of the molecule is COCCOCCC(N)Cc1ccc(C)cc1. The summed E-state index contributed by atoms with van der Waals surface area (Å²) in [5.41, 5.74) is 8.62. The minimum atomic E-state index is 0.167. The lowest BCUT2D eigenvalue weighted by molar-refractivity contribution is 0.0672. The average molecular weight is 237 g/mol. The van der Waals surface area contributed by atoms with Crippen LogP contribution in [-0.2, 0) is 15.9 Å². The van der Waals surface area contributed by atoms with Crippen LogP contribution >= 0.6 is 0 Å². The summed E-state index contributed by atoms with van der Waals surface area (Å²) in [4.78, 5) is 0. The highest BCUT2D eigenvalue weighted by Gasteiger charge is 2.03. The van der Waals surface area contributed by atoms with E-state index in [-0.39, 0.29) is 6.04 Å². The molecule has 1 atom stereocenters. The molecule has 0 spiro atoms. The summed E-state index contributed by atoms with van der Waals surface area (Å²) in [5, 5.41) is 0. The van der Waals surface area contributed by atoms with Crippen molar-refractivity contribution in [3.05, 3.63) is 35.4 Å². The highest BCUT2D eigenvalue weighted by molar-refractivity contribution is 5.21. The first-order chi connectivity index (χ1) is 8.22. The Labute approximate surface area is 104 Å². The monoisotopic (exact) mass is 237 g/mol. The molecule has 0 heterocycles. The molecule has 0 radical (unpaired) electrons. The smallest absolute Gasteiger partial charge is 0.0700 e. The Bertz CT molecular complexity index is 298. The van der Waals surface area contributed by atoms with Crippen LogP contribution in [-0.4, -0.2) is 33.0 Å². The lowest BCUT2D eigenvalue weighted by Crippen LogP contribution is -2.25. The maximum atomic E-state index is 6.05. The second-order valence-corrected chi connectivity index (χ2v) is 4.34. The Morgan fingerprint density at radius 3 is 2.47 bits per heavy atom. The maximum absolute atomic E-state index is 6.05. The lowest BCUT2D eigenvalue weighted by atomic mass is 10.0. The zero-order valence-electron chi connectivity index (χ0n) is 10.8. The number of aryl methyl sites for hydroxylation is 1. The molecule has 2 N–H and O–H groups in total. The van der Waals surface area contributed by atoms with Gasteiger partial charge in [0.2, 0.25) is 0 Å². The fourth-order valence-corrected chi connectivity index (χ4v) is 1.61. The van der Waals surface area contributed by atoms with Gasteiger partial charge in [-0.1, -0.05) is 29.8 Å². The molecule has 1 rings (SSSR count). The van der Waals surface area contributed by atoms with Gasteiger partial charge in [0.15, 0.2) is 0 Å². The van der Waals surface area contributed by atoms with Crippen molar-refractivity contribution in [3.8, 4) is 0 Å². The summed E-state index contributed by atoms with van der Waals surface area (Å²) < 4.78 is 10.3. The summed E-state index contributed by atoms with van der Waals surface area (Å²) in [6.45, 7) is 4.09. The molecule has 0 saturated heterocycles. The van der Waals surface area contributed by atoms with Gasteiger partial charge in [-0.05, 0) is 25.3 Å². The quantitative estimate of drug-likeness (QED) is 0.703. The number of rotatable bonds is 8. The molecule has 0 bridgehead atoms. The van der Waals surface area contributed by atoms with E-state index < -0.39 is 0 Å². The molecule has 0 fully saturated rings. The zero-order valence-corrected chi connectivity index (χ0v) is 10.8. The van der Waals surface area contributed by atoms with E-state index in [1.165, 1.54) is 11.1 Å². The predicted octanol–water partition coefficient (Wildman–Crippen LogP) is 1.92. The fourth-order valence-electron chi connectivity index (χ4n) is 1.61. The molecule has 3 nitrogen and oxygen atoms in total. The first kappa shape index (κ1) is 14.2. The first-order valence-corrected chi connectivity index (χ1v) is 6.10. The summed E-state index contributed by atoms with van der Waals surface area (Å²) in [6, 6.07) is 8.69. The standard InChI is InChI=1S/C14H23NO2/c1-12-3-5-13(6-4-12)11-14(15)7-8-17-10-9-16-2/h3-6,14H,7-11,15H2,1-2H3. The van der Waals surface area contributed by atoms with Gasteiger partial charge in [0.05, 0.1) is 13.2 Å². The number of ether oxygens (including phenoxy) is 2. The van der Waals surface area contributed by atoms with E-state index in [9.17, 15) is 0 Å². The van der Waals surface area contributed by atoms with Crippen LogP contribution in [0.2, 0.25) is 0 Å². The van der Waals surface area contributed by atoms with Crippen molar-refractivity contribution in [3.63, 3.8) is 0 Å². The molecule has 0 amide bonds. The van der Waals surface area contributed by atoms with Crippen molar-refractivity contribution in [2.45, 2.75) is 25.8 Å². The zero-order chi connectivity index (χ0) is 12.5. The average Bonchev–Trinajstić information content (AvgIpc) is 2.32. The summed E-state index contributed by atoms with van der Waals surface area (Å²) in [5.74, 6) is 0. The van der Waals surface area contributed by atoms with Crippen molar-refractivity contribution < 1.29 is 9.47 Å². The Morgan fingerprint density at radius 2 is 1.82 bits per heavy atom. The van der Waals surface area contributed by atoms with E-state index in [1.54, 1.807) is 7.11 Å². The third kappa shape index (κ3) is 6.41. The normalized spacial score (nSPS) is 12.6. The minimum absolute atomic E-state index is 0.167. The predicted molar refractivity (Wildman–Crippen MR) is 70.2 cm³/mol. The second-order valence-electron chi connectivity index (χ2n) is 4.34. The molecule has 17 heavy (non-hydrogen) atoms. The molecule has 1 aromatic carbocycles. The molecular weight excluding hydrogens is 214 g/mol. The number of hydrogen-bond acceptors (Lipinski definition) is 3. The van der Waals surface area contributed by atoms with Gasteiger partial charge in [-0.3, -0.25) is 0 Å². The van der Waals surface area contributed by atoms with Crippen LogP contribution in [0.25, 0.3) is 0 Å². The highest BCUT2D eigenvalue weighted by Crippen LogP contribution is 2.06. The molecule has 3 heteroatoms. The van der Waals surface area contributed by atoms with Crippen molar-refractivity contribution in [1.29, 1.82) is 0 Å². The van der Waals surface area contributed by atoms with Gasteiger partial charge < -0.3 is 15.2 Å². The van der Waals surface area contributed by atoms with Crippen molar-refractivity contribution in [2.24, 2.45) is 5.73 Å². The van der Waals surface area contributed by atoms with Crippen molar-refractivity contribution in [2.75, 3.05) is 26.9 Å². The van der Waals surface area contributed by atoms with Gasteiger partial charge in [0.25, 0.3) is 0 Å². The summed E-state index contributed by atoms with van der Waals surface area (Å²) in [6.07, 6.45) is 1.80. The molecule has 0 aliphatic carbocycles. The van der Waals surface area contributed by atoms with Gasteiger partial charge in [-0.25, -0.2) is 0 Å². The molecule has 0 aromatic heterocycles. The molecular formula is C14H23NO2. The summed E-state index contributed by atoms with van der Waals surface area (Å²) >= 11 is 0. The summed E-state index contributed by atoms with van der Waals surface area (Å²) in [7, 11) is 1.67. The van der Waals surface area contributed by atoms with E-state index in [0.29, 0.717) is 19.8 Å². The number of methoxy groups -OCH3 is 1. The van der Waals surface area contributed by atoms with Crippen LogP contribution in [0.5, 0.6) is 0 Å². The Kier molecular flexibility index (Phi) is 6.86. The van der Waals surface area contributed by atoms with E-state index in [2.05, 4.69) is 31.2 Å². The minimum Gasteiger partial charge on any atom is -0.382 e. The molecule has 1 aromatic rings. The van der Waals surface area contributed by atoms with Gasteiger partial charge in [0, 0.05) is 19.8 Å². The van der Waals surface area contributed by atoms with E-state index in [0.717, 1.165) is 12.8 Å². The molecule has 0 aliphatic heterocycles. The van der Waals surface area contributed by atoms with Crippen LogP contribution < -0.4 is 5.73 Å². The van der Waals surface area contributed by atoms with Crippen molar-refractivity contribution >= 4 is 0 Å². The molecule has 1 unspecified atom stereocenters. The highest BCUT2D eigenvalue weighted by atomic mass is 16.5. The second kappa shape index (κ2) is 8.23. The van der Waals surface area contributed by atoms with Crippen LogP contribution in [0.1, 0.15) is 17.5 Å². The maximum Gasteiger partial charge on any atom is 0.0700 e.